The van der Waals surface area contributed by atoms with E-state index in [1.807, 2.05) is 0 Å². The molecule has 4 heteroatoms. The minimum Gasteiger partial charge on any atom is -0.410 e. The lowest BCUT2D eigenvalue weighted by Gasteiger charge is -1.89. The minimum absolute atomic E-state index is 0.617. The first-order valence-corrected chi connectivity index (χ1v) is 4.21. The summed E-state index contributed by atoms with van der Waals surface area (Å²) in [5.74, 6) is 1.07. The maximum atomic E-state index is 8.23. The highest BCUT2D eigenvalue weighted by atomic mass is 32.2. The van der Waals surface area contributed by atoms with Crippen molar-refractivity contribution >= 4 is 27.9 Å². The van der Waals surface area contributed by atoms with Crippen molar-refractivity contribution in [2.45, 2.75) is 12.2 Å². The number of nitrogens with zero attached hydrogens (tertiary/aromatic N) is 1. The van der Waals surface area contributed by atoms with Crippen LogP contribution in [0.4, 0.5) is 0 Å². The molecule has 1 atom stereocenters. The molecule has 0 spiro atoms. The molecule has 0 aromatic rings. The van der Waals surface area contributed by atoms with E-state index < -0.39 is 0 Å². The Morgan fingerprint density at radius 3 is 2.88 bits per heavy atom. The Morgan fingerprint density at radius 2 is 2.62 bits per heavy atom. The molecule has 1 N–H and O–H groups in total. The lowest BCUT2D eigenvalue weighted by molar-refractivity contribution is 0.322. The van der Waals surface area contributed by atoms with Crippen molar-refractivity contribution in [1.29, 1.82) is 0 Å². The first kappa shape index (κ1) is 6.29. The molecular formula is C4H7NOS2. The SMILES string of the molecule is CC1CS/C(=N\O)S1. The molecule has 8 heavy (non-hydrogen) atoms. The van der Waals surface area contributed by atoms with Crippen molar-refractivity contribution < 1.29 is 5.21 Å². The third-order valence-electron chi connectivity index (χ3n) is 0.825. The fraction of sp³-hybridized carbons (Fsp3) is 0.750. The Bertz CT molecular complexity index is 115. The Labute approximate surface area is 56.7 Å². The summed E-state index contributed by atoms with van der Waals surface area (Å²) >= 11 is 3.24. The van der Waals surface area contributed by atoms with Crippen molar-refractivity contribution in [2.75, 3.05) is 5.75 Å². The Kier molecular flexibility index (Phi) is 2.08. The van der Waals surface area contributed by atoms with Crippen LogP contribution in [0.5, 0.6) is 0 Å². The number of oxime groups is 1. The largest absolute Gasteiger partial charge is 0.410 e. The molecule has 1 unspecified atom stereocenters. The van der Waals surface area contributed by atoms with Gasteiger partial charge in [-0.15, -0.1) is 0 Å². The normalized spacial score (nSPS) is 34.1. The minimum atomic E-state index is 0.617. The van der Waals surface area contributed by atoms with Crippen LogP contribution < -0.4 is 0 Å². The molecule has 0 aromatic heterocycles. The van der Waals surface area contributed by atoms with Gasteiger partial charge < -0.3 is 5.21 Å². The summed E-state index contributed by atoms with van der Waals surface area (Å²) in [5, 5.41) is 11.9. The molecule has 1 aliphatic rings. The van der Waals surface area contributed by atoms with Gasteiger partial charge in [0.2, 0.25) is 0 Å². The van der Waals surface area contributed by atoms with E-state index in [2.05, 4.69) is 12.1 Å². The highest BCUT2D eigenvalue weighted by Crippen LogP contribution is 2.31. The van der Waals surface area contributed by atoms with Gasteiger partial charge in [0.25, 0.3) is 0 Å². The second-order valence-electron chi connectivity index (χ2n) is 1.61. The van der Waals surface area contributed by atoms with Gasteiger partial charge in [-0.25, -0.2) is 0 Å². The van der Waals surface area contributed by atoms with Gasteiger partial charge in [-0.3, -0.25) is 0 Å². The summed E-state index contributed by atoms with van der Waals surface area (Å²) < 4.78 is 0.803. The van der Waals surface area contributed by atoms with Crippen LogP contribution in [0.2, 0.25) is 0 Å². The van der Waals surface area contributed by atoms with Gasteiger partial charge >= 0.3 is 0 Å². The molecule has 1 heterocycles. The average molecular weight is 149 g/mol. The van der Waals surface area contributed by atoms with E-state index in [-0.39, 0.29) is 0 Å². The van der Waals surface area contributed by atoms with Crippen LogP contribution in [0, 0.1) is 0 Å². The van der Waals surface area contributed by atoms with Gasteiger partial charge in [0.1, 0.15) is 0 Å². The zero-order valence-corrected chi connectivity index (χ0v) is 6.13. The maximum Gasteiger partial charge on any atom is 0.169 e. The number of hydrogen-bond donors (Lipinski definition) is 1. The van der Waals surface area contributed by atoms with Crippen molar-refractivity contribution in [3.63, 3.8) is 0 Å². The van der Waals surface area contributed by atoms with Gasteiger partial charge in [0.15, 0.2) is 4.38 Å². The molecule has 2 nitrogen and oxygen atoms in total. The summed E-state index contributed by atoms with van der Waals surface area (Å²) in [6.45, 7) is 2.12. The molecule has 46 valence electrons. The van der Waals surface area contributed by atoms with Crippen LogP contribution in [0.15, 0.2) is 5.16 Å². The highest BCUT2D eigenvalue weighted by molar-refractivity contribution is 8.41. The van der Waals surface area contributed by atoms with E-state index in [0.717, 1.165) is 10.1 Å². The van der Waals surface area contributed by atoms with E-state index in [9.17, 15) is 0 Å². The molecule has 0 bridgehead atoms. The van der Waals surface area contributed by atoms with E-state index in [1.165, 1.54) is 0 Å². The fourth-order valence-corrected chi connectivity index (χ4v) is 2.75. The summed E-state index contributed by atoms with van der Waals surface area (Å²) in [4.78, 5) is 0. The lowest BCUT2D eigenvalue weighted by atomic mass is 10.6. The van der Waals surface area contributed by atoms with Crippen molar-refractivity contribution in [2.24, 2.45) is 5.16 Å². The highest BCUT2D eigenvalue weighted by Gasteiger charge is 2.17. The molecule has 0 amide bonds. The third-order valence-corrected chi connectivity index (χ3v) is 3.53. The van der Waals surface area contributed by atoms with Crippen LogP contribution in [0.3, 0.4) is 0 Å². The second kappa shape index (κ2) is 2.64. The van der Waals surface area contributed by atoms with Crippen LogP contribution >= 0.6 is 23.5 Å². The van der Waals surface area contributed by atoms with Crippen molar-refractivity contribution in [1.82, 2.24) is 0 Å². The third kappa shape index (κ3) is 1.32. The molecule has 0 saturated carbocycles. The number of rotatable bonds is 0. The molecule has 0 radical (unpaired) electrons. The van der Waals surface area contributed by atoms with E-state index in [0.29, 0.717) is 5.25 Å². The van der Waals surface area contributed by atoms with Crippen LogP contribution in [0.25, 0.3) is 0 Å². The molecule has 1 rings (SSSR count). The van der Waals surface area contributed by atoms with E-state index in [4.69, 9.17) is 5.21 Å². The molecule has 1 saturated heterocycles. The van der Waals surface area contributed by atoms with Gasteiger partial charge in [0, 0.05) is 11.0 Å². The zero-order chi connectivity index (χ0) is 5.98. The lowest BCUT2D eigenvalue weighted by Crippen LogP contribution is -1.89. The summed E-state index contributed by atoms with van der Waals surface area (Å²) in [5.41, 5.74) is 0. The van der Waals surface area contributed by atoms with Crippen LogP contribution in [-0.4, -0.2) is 20.6 Å². The maximum absolute atomic E-state index is 8.23. The fourth-order valence-electron chi connectivity index (χ4n) is 0.481. The molecule has 1 aliphatic heterocycles. The quantitative estimate of drug-likeness (QED) is 0.419. The summed E-state index contributed by atoms with van der Waals surface area (Å²) in [6, 6.07) is 0. The molecule has 0 aromatic carbocycles. The first-order valence-electron chi connectivity index (χ1n) is 2.34. The Morgan fingerprint density at radius 1 is 1.88 bits per heavy atom. The molecule has 1 fully saturated rings. The van der Waals surface area contributed by atoms with Crippen LogP contribution in [0.1, 0.15) is 6.92 Å². The van der Waals surface area contributed by atoms with Crippen molar-refractivity contribution in [3.8, 4) is 0 Å². The standard InChI is InChI=1S/C4H7NOS2/c1-3-2-7-4(5-6)8-3/h3,6H,2H2,1H3/b5-4+. The van der Waals surface area contributed by atoms with Crippen LogP contribution in [-0.2, 0) is 0 Å². The average Bonchev–Trinajstić information content (AvgIpc) is 2.14. The van der Waals surface area contributed by atoms with Gasteiger partial charge in [-0.2, -0.15) is 0 Å². The van der Waals surface area contributed by atoms with Gasteiger partial charge in [-0.1, -0.05) is 35.6 Å². The number of hydrogen-bond acceptors (Lipinski definition) is 4. The predicted octanol–water partition coefficient (Wildman–Crippen LogP) is 1.60. The smallest absolute Gasteiger partial charge is 0.169 e. The van der Waals surface area contributed by atoms with Gasteiger partial charge in [0.05, 0.1) is 0 Å². The summed E-state index contributed by atoms with van der Waals surface area (Å²) in [7, 11) is 0. The topological polar surface area (TPSA) is 32.6 Å². The van der Waals surface area contributed by atoms with E-state index >= 15 is 0 Å². The van der Waals surface area contributed by atoms with Crippen molar-refractivity contribution in [3.05, 3.63) is 0 Å². The Hall–Kier alpha value is 0.170. The Balaban J connectivity index is 2.44. The predicted molar refractivity (Wildman–Crippen MR) is 38.7 cm³/mol. The van der Waals surface area contributed by atoms with E-state index in [1.54, 1.807) is 23.5 Å². The summed E-state index contributed by atoms with van der Waals surface area (Å²) in [6.07, 6.45) is 0. The first-order chi connectivity index (χ1) is 3.83. The second-order valence-corrected chi connectivity index (χ2v) is 4.30. The molecule has 0 aliphatic carbocycles. The van der Waals surface area contributed by atoms with Gasteiger partial charge in [-0.05, 0) is 0 Å². The molecular weight excluding hydrogens is 142 g/mol. The monoisotopic (exact) mass is 149 g/mol. The number of thioether (sulfide) groups is 2. The zero-order valence-electron chi connectivity index (χ0n) is 4.50.